The molecule has 2 atom stereocenters. The number of aromatic nitrogens is 1. The second-order valence-corrected chi connectivity index (χ2v) is 12.1. The predicted octanol–water partition coefficient (Wildman–Crippen LogP) is 3.67. The zero-order valence-electron chi connectivity index (χ0n) is 17.5. The highest BCUT2D eigenvalue weighted by Gasteiger charge is 2.37. The van der Waals surface area contributed by atoms with Crippen molar-refractivity contribution in [2.75, 3.05) is 51.2 Å². The van der Waals surface area contributed by atoms with Gasteiger partial charge in [0.05, 0.1) is 0 Å². The summed E-state index contributed by atoms with van der Waals surface area (Å²) in [6.07, 6.45) is 7.85. The number of hydrogen-bond acceptors (Lipinski definition) is 6. The van der Waals surface area contributed by atoms with Gasteiger partial charge in [-0.15, -0.1) is 23.7 Å². The number of nitrogens with zero attached hydrogens (tertiary/aromatic N) is 4. The lowest BCUT2D eigenvalue weighted by atomic mass is 9.76. The molecule has 9 heteroatoms. The van der Waals surface area contributed by atoms with Gasteiger partial charge in [-0.1, -0.05) is 19.3 Å². The number of rotatable bonds is 3. The number of piperidine rings is 1. The molecule has 2 aromatic heterocycles. The van der Waals surface area contributed by atoms with E-state index in [2.05, 4.69) is 21.8 Å². The molecule has 3 aliphatic rings. The highest BCUT2D eigenvalue weighted by atomic mass is 35.5. The summed E-state index contributed by atoms with van der Waals surface area (Å²) in [7, 11) is -1.30. The molecule has 3 fully saturated rings. The molecule has 2 unspecified atom stereocenters. The Hall–Kier alpha value is -0.930. The maximum Gasteiger partial charge on any atom is 0.252 e. The van der Waals surface area contributed by atoms with Gasteiger partial charge in [0, 0.05) is 55.6 Å². The molecule has 5 rings (SSSR count). The van der Waals surface area contributed by atoms with Crippen LogP contribution in [0.5, 0.6) is 0 Å². The van der Waals surface area contributed by atoms with E-state index in [1.807, 2.05) is 18.3 Å². The van der Waals surface area contributed by atoms with Crippen molar-refractivity contribution in [1.82, 2.24) is 14.2 Å². The summed E-state index contributed by atoms with van der Waals surface area (Å²) in [6.45, 7) is 5.23. The minimum Gasteiger partial charge on any atom is -0.354 e. The van der Waals surface area contributed by atoms with Crippen LogP contribution >= 0.6 is 23.7 Å². The van der Waals surface area contributed by atoms with Crippen LogP contribution in [0.4, 0.5) is 5.82 Å². The maximum atomic E-state index is 13.5. The lowest BCUT2D eigenvalue weighted by Gasteiger charge is -2.40. The first kappa shape index (κ1) is 22.3. The van der Waals surface area contributed by atoms with E-state index < -0.39 is 10.0 Å². The van der Waals surface area contributed by atoms with E-state index in [1.54, 1.807) is 4.31 Å². The van der Waals surface area contributed by atoms with Crippen LogP contribution in [0, 0.1) is 11.8 Å². The van der Waals surface area contributed by atoms with Gasteiger partial charge in [0.1, 0.15) is 10.0 Å². The predicted molar refractivity (Wildman–Crippen MR) is 125 cm³/mol. The number of fused-ring (bicyclic) bond motifs is 2. The molecule has 166 valence electrons. The second-order valence-electron chi connectivity index (χ2n) is 8.86. The van der Waals surface area contributed by atoms with Crippen LogP contribution in [0.2, 0.25) is 0 Å². The Kier molecular flexibility index (Phi) is 6.61. The Balaban J connectivity index is 0.00000218. The quantitative estimate of drug-likeness (QED) is 0.685. The average molecular weight is 471 g/mol. The van der Waals surface area contributed by atoms with Crippen molar-refractivity contribution in [3.05, 3.63) is 18.3 Å². The third-order valence-electron chi connectivity index (χ3n) is 7.05. The first-order chi connectivity index (χ1) is 14.0. The molecule has 2 aromatic rings. The third kappa shape index (κ3) is 4.09. The molecular weight excluding hydrogens is 440 g/mol. The molecule has 0 spiro atoms. The number of sulfonamides is 1. The average Bonchev–Trinajstić information content (AvgIpc) is 3.19. The van der Waals surface area contributed by atoms with E-state index in [9.17, 15) is 8.42 Å². The molecule has 0 bridgehead atoms. The van der Waals surface area contributed by atoms with E-state index >= 15 is 0 Å². The minimum atomic E-state index is -3.43. The molecule has 4 heterocycles. The number of anilines is 1. The van der Waals surface area contributed by atoms with Crippen LogP contribution in [0.25, 0.3) is 10.1 Å². The molecule has 1 saturated carbocycles. The summed E-state index contributed by atoms with van der Waals surface area (Å²) in [5, 5.41) is 0.980. The number of piperazine rings is 1. The first-order valence-electron chi connectivity index (χ1n) is 10.8. The van der Waals surface area contributed by atoms with Crippen LogP contribution in [0.15, 0.2) is 22.5 Å². The normalized spacial score (nSPS) is 26.4. The fourth-order valence-corrected chi connectivity index (χ4v) is 8.28. The largest absolute Gasteiger partial charge is 0.354 e. The summed E-state index contributed by atoms with van der Waals surface area (Å²) < 4.78 is 30.2. The van der Waals surface area contributed by atoms with Crippen molar-refractivity contribution in [1.29, 1.82) is 0 Å². The zero-order valence-corrected chi connectivity index (χ0v) is 19.9. The smallest absolute Gasteiger partial charge is 0.252 e. The summed E-state index contributed by atoms with van der Waals surface area (Å²) in [5.41, 5.74) is 0. The van der Waals surface area contributed by atoms with Crippen LogP contribution in [-0.2, 0) is 10.0 Å². The first-order valence-corrected chi connectivity index (χ1v) is 13.1. The van der Waals surface area contributed by atoms with Gasteiger partial charge in [-0.3, -0.25) is 0 Å². The number of halogens is 1. The van der Waals surface area contributed by atoms with Crippen LogP contribution in [0.1, 0.15) is 32.1 Å². The zero-order chi connectivity index (χ0) is 20.0. The summed E-state index contributed by atoms with van der Waals surface area (Å²) in [5.74, 6) is 2.20. The van der Waals surface area contributed by atoms with E-state index in [0.717, 1.165) is 54.4 Å². The Labute approximate surface area is 189 Å². The van der Waals surface area contributed by atoms with E-state index in [0.29, 0.717) is 23.2 Å². The molecule has 1 aliphatic carbocycles. The van der Waals surface area contributed by atoms with Gasteiger partial charge in [0.15, 0.2) is 0 Å². The third-order valence-corrected chi connectivity index (χ3v) is 10.5. The van der Waals surface area contributed by atoms with Crippen molar-refractivity contribution in [3.8, 4) is 0 Å². The van der Waals surface area contributed by atoms with Crippen molar-refractivity contribution in [2.24, 2.45) is 11.8 Å². The molecular formula is C21H31ClN4O2S2. The van der Waals surface area contributed by atoms with Crippen molar-refractivity contribution in [3.63, 3.8) is 0 Å². The second kappa shape index (κ2) is 8.90. The molecule has 30 heavy (non-hydrogen) atoms. The minimum absolute atomic E-state index is 0. The topological polar surface area (TPSA) is 56.8 Å². The Morgan fingerprint density at radius 2 is 1.77 bits per heavy atom. The van der Waals surface area contributed by atoms with Crippen molar-refractivity contribution in [2.45, 2.75) is 36.3 Å². The lowest BCUT2D eigenvalue weighted by Crippen LogP contribution is -2.44. The van der Waals surface area contributed by atoms with Gasteiger partial charge in [-0.25, -0.2) is 13.4 Å². The van der Waals surface area contributed by atoms with Crippen LogP contribution in [-0.4, -0.2) is 68.9 Å². The molecule has 0 aromatic carbocycles. The molecule has 2 saturated heterocycles. The molecule has 2 aliphatic heterocycles. The van der Waals surface area contributed by atoms with E-state index in [1.165, 1.54) is 37.0 Å². The summed E-state index contributed by atoms with van der Waals surface area (Å²) >= 11 is 1.40. The summed E-state index contributed by atoms with van der Waals surface area (Å²) in [6, 6.07) is 3.83. The van der Waals surface area contributed by atoms with Gasteiger partial charge in [0.25, 0.3) is 10.0 Å². The van der Waals surface area contributed by atoms with Gasteiger partial charge in [-0.05, 0) is 43.9 Å². The number of likely N-dealkylation sites (N-methyl/N-ethyl adjacent to an activating group) is 1. The standard InChI is InChI=1S/C21H30N4O2S2.ClH/c1-23-10-12-24(13-11-23)21-18-14-20(28-19(18)6-8-22-21)29(26,27)25-9-7-16-4-2-3-5-17(16)15-25;/h6,8,14,16-17H,2-5,7,9-13,15H2,1H3;1H. The molecule has 0 radical (unpaired) electrons. The number of thiophene rings is 1. The lowest BCUT2D eigenvalue weighted by molar-refractivity contribution is 0.136. The van der Waals surface area contributed by atoms with Crippen LogP contribution < -0.4 is 4.90 Å². The van der Waals surface area contributed by atoms with Gasteiger partial charge < -0.3 is 9.80 Å². The van der Waals surface area contributed by atoms with Crippen LogP contribution in [0.3, 0.4) is 0 Å². The van der Waals surface area contributed by atoms with E-state index in [-0.39, 0.29) is 12.4 Å². The van der Waals surface area contributed by atoms with Crippen molar-refractivity contribution < 1.29 is 8.42 Å². The van der Waals surface area contributed by atoms with Gasteiger partial charge >= 0.3 is 0 Å². The Morgan fingerprint density at radius 3 is 2.53 bits per heavy atom. The Morgan fingerprint density at radius 1 is 1.03 bits per heavy atom. The van der Waals surface area contributed by atoms with Crippen molar-refractivity contribution >= 4 is 49.7 Å². The highest BCUT2D eigenvalue weighted by Crippen LogP contribution is 2.40. The summed E-state index contributed by atoms with van der Waals surface area (Å²) in [4.78, 5) is 9.23. The number of hydrogen-bond donors (Lipinski definition) is 0. The highest BCUT2D eigenvalue weighted by molar-refractivity contribution is 7.91. The molecule has 6 nitrogen and oxygen atoms in total. The van der Waals surface area contributed by atoms with Gasteiger partial charge in [0.2, 0.25) is 0 Å². The fraction of sp³-hybridized carbons (Fsp3) is 0.667. The maximum absolute atomic E-state index is 13.5. The fourth-order valence-electron chi connectivity index (χ4n) is 5.24. The van der Waals surface area contributed by atoms with E-state index in [4.69, 9.17) is 0 Å². The SMILES string of the molecule is CN1CCN(c2nccc3sc(S(=O)(=O)N4CCC5CCCCC5C4)cc23)CC1.Cl. The molecule has 0 N–H and O–H groups in total. The van der Waals surface area contributed by atoms with Gasteiger partial charge in [-0.2, -0.15) is 4.31 Å². The monoisotopic (exact) mass is 470 g/mol. The Bertz CT molecular complexity index is 988. The molecule has 0 amide bonds. The number of pyridine rings is 1.